The zero-order valence-electron chi connectivity index (χ0n) is 15.9. The summed E-state index contributed by atoms with van der Waals surface area (Å²) in [6.07, 6.45) is -0.617. The summed E-state index contributed by atoms with van der Waals surface area (Å²) in [5.74, 6) is 0.383. The van der Waals surface area contributed by atoms with Gasteiger partial charge in [-0.3, -0.25) is 4.79 Å². The molecule has 0 heterocycles. The maximum Gasteiger partial charge on any atom is 0.408 e. The third kappa shape index (κ3) is 6.66. The number of amides is 2. The third-order valence-electron chi connectivity index (χ3n) is 4.04. The number of carbonyl (C=O) groups excluding carboxylic acids is 2. The molecule has 0 aliphatic rings. The lowest BCUT2D eigenvalue weighted by molar-refractivity contribution is -0.124. The first-order valence-electron chi connectivity index (χ1n) is 8.87. The van der Waals surface area contributed by atoms with Gasteiger partial charge in [0.15, 0.2) is 0 Å². The van der Waals surface area contributed by atoms with Crippen LogP contribution in [0.15, 0.2) is 54.6 Å². The molecule has 2 N–H and O–H groups in total. The van der Waals surface area contributed by atoms with Gasteiger partial charge in [0.2, 0.25) is 5.91 Å². The summed E-state index contributed by atoms with van der Waals surface area (Å²) in [6, 6.07) is 16.2. The molecule has 0 saturated heterocycles. The van der Waals surface area contributed by atoms with Crippen LogP contribution >= 0.6 is 0 Å². The minimum Gasteiger partial charge on any atom is -0.497 e. The lowest BCUT2D eigenvalue weighted by atomic mass is 10.0. The van der Waals surface area contributed by atoms with E-state index in [1.54, 1.807) is 7.11 Å². The van der Waals surface area contributed by atoms with Crippen LogP contribution in [0.5, 0.6) is 5.75 Å². The fraction of sp³-hybridized carbons (Fsp3) is 0.333. The summed E-state index contributed by atoms with van der Waals surface area (Å²) in [6.45, 7) is 4.24. The Kier molecular flexibility index (Phi) is 7.67. The van der Waals surface area contributed by atoms with Crippen LogP contribution < -0.4 is 15.4 Å². The number of hydrogen-bond donors (Lipinski definition) is 2. The predicted octanol–water partition coefficient (Wildman–Crippen LogP) is 3.26. The number of benzene rings is 2. The Bertz CT molecular complexity index is 747. The van der Waals surface area contributed by atoms with Gasteiger partial charge in [0, 0.05) is 6.54 Å². The number of methoxy groups -OCH3 is 1. The molecule has 0 radical (unpaired) electrons. The van der Waals surface area contributed by atoms with Gasteiger partial charge >= 0.3 is 6.09 Å². The van der Waals surface area contributed by atoms with Crippen molar-refractivity contribution < 1.29 is 19.1 Å². The number of carbonyl (C=O) groups is 2. The summed E-state index contributed by atoms with van der Waals surface area (Å²) in [4.78, 5) is 24.6. The number of ether oxygens (including phenoxy) is 2. The average molecular weight is 370 g/mol. The number of hydrogen-bond acceptors (Lipinski definition) is 4. The maximum absolute atomic E-state index is 12.5. The molecule has 6 heteroatoms. The molecule has 27 heavy (non-hydrogen) atoms. The van der Waals surface area contributed by atoms with E-state index in [1.165, 1.54) is 0 Å². The van der Waals surface area contributed by atoms with Crippen LogP contribution in [0.1, 0.15) is 25.0 Å². The quantitative estimate of drug-likeness (QED) is 0.748. The zero-order valence-corrected chi connectivity index (χ0v) is 15.9. The Hall–Kier alpha value is -3.02. The first kappa shape index (κ1) is 20.3. The molecule has 0 aliphatic carbocycles. The molecular formula is C21H26N2O4. The smallest absolute Gasteiger partial charge is 0.408 e. The van der Waals surface area contributed by atoms with E-state index in [4.69, 9.17) is 9.47 Å². The summed E-state index contributed by atoms with van der Waals surface area (Å²) in [7, 11) is 1.59. The van der Waals surface area contributed by atoms with Crippen molar-refractivity contribution >= 4 is 12.0 Å². The van der Waals surface area contributed by atoms with Gasteiger partial charge < -0.3 is 20.1 Å². The van der Waals surface area contributed by atoms with Crippen molar-refractivity contribution in [3.8, 4) is 5.75 Å². The molecular weight excluding hydrogens is 344 g/mol. The van der Waals surface area contributed by atoms with E-state index in [1.807, 2.05) is 68.4 Å². The Balaban J connectivity index is 1.87. The fourth-order valence-corrected chi connectivity index (χ4v) is 2.51. The topological polar surface area (TPSA) is 76.7 Å². The van der Waals surface area contributed by atoms with Crippen LogP contribution in [0.4, 0.5) is 4.79 Å². The number of alkyl carbamates (subject to hydrolysis) is 1. The molecule has 0 saturated carbocycles. The van der Waals surface area contributed by atoms with Crippen molar-refractivity contribution in [2.75, 3.05) is 7.11 Å². The van der Waals surface area contributed by atoms with Crippen molar-refractivity contribution in [2.45, 2.75) is 33.0 Å². The van der Waals surface area contributed by atoms with E-state index < -0.39 is 12.1 Å². The Labute approximate surface area is 159 Å². The lowest BCUT2D eigenvalue weighted by Crippen LogP contribution is -2.49. The van der Waals surface area contributed by atoms with Crippen molar-refractivity contribution in [3.63, 3.8) is 0 Å². The van der Waals surface area contributed by atoms with E-state index in [-0.39, 0.29) is 18.4 Å². The second kappa shape index (κ2) is 10.2. The Morgan fingerprint density at radius 3 is 2.37 bits per heavy atom. The van der Waals surface area contributed by atoms with Gasteiger partial charge in [0.1, 0.15) is 18.4 Å². The molecule has 0 fully saturated rings. The van der Waals surface area contributed by atoms with Gasteiger partial charge in [-0.05, 0) is 29.2 Å². The molecule has 2 amide bonds. The van der Waals surface area contributed by atoms with Gasteiger partial charge in [0.05, 0.1) is 7.11 Å². The number of nitrogens with one attached hydrogen (secondary N) is 2. The van der Waals surface area contributed by atoms with Crippen LogP contribution in [0, 0.1) is 5.92 Å². The molecule has 6 nitrogen and oxygen atoms in total. The van der Waals surface area contributed by atoms with Gasteiger partial charge in [-0.15, -0.1) is 0 Å². The van der Waals surface area contributed by atoms with E-state index in [2.05, 4.69) is 10.6 Å². The summed E-state index contributed by atoms with van der Waals surface area (Å²) in [5.41, 5.74) is 1.80. The van der Waals surface area contributed by atoms with E-state index in [0.29, 0.717) is 6.54 Å². The second-order valence-electron chi connectivity index (χ2n) is 6.50. The maximum atomic E-state index is 12.5. The summed E-state index contributed by atoms with van der Waals surface area (Å²) >= 11 is 0. The minimum atomic E-state index is -0.682. The van der Waals surface area contributed by atoms with E-state index in [9.17, 15) is 9.59 Å². The van der Waals surface area contributed by atoms with Gasteiger partial charge in [0.25, 0.3) is 0 Å². The average Bonchev–Trinajstić information content (AvgIpc) is 2.69. The molecule has 1 atom stereocenters. The van der Waals surface area contributed by atoms with Gasteiger partial charge in [-0.2, -0.15) is 0 Å². The molecule has 0 aromatic heterocycles. The molecule has 2 aromatic carbocycles. The minimum absolute atomic E-state index is 0.0837. The lowest BCUT2D eigenvalue weighted by Gasteiger charge is -2.21. The van der Waals surface area contributed by atoms with Crippen LogP contribution in [0.25, 0.3) is 0 Å². The number of rotatable bonds is 8. The third-order valence-corrected chi connectivity index (χ3v) is 4.04. The van der Waals surface area contributed by atoms with Gasteiger partial charge in [-0.1, -0.05) is 56.3 Å². The predicted molar refractivity (Wildman–Crippen MR) is 103 cm³/mol. The highest BCUT2D eigenvalue weighted by Gasteiger charge is 2.24. The molecule has 2 aromatic rings. The second-order valence-corrected chi connectivity index (χ2v) is 6.50. The Morgan fingerprint density at radius 2 is 1.70 bits per heavy atom. The highest BCUT2D eigenvalue weighted by Crippen LogP contribution is 2.12. The first-order chi connectivity index (χ1) is 13.0. The van der Waals surface area contributed by atoms with Crippen molar-refractivity contribution in [1.82, 2.24) is 10.6 Å². The van der Waals surface area contributed by atoms with Crippen LogP contribution in [0.3, 0.4) is 0 Å². The standard InChI is InChI=1S/C21H26N2O4/c1-15(2)19(23-21(25)27-14-16-8-5-4-6-9-16)20(24)22-13-17-10-7-11-18(12-17)26-3/h4-12,15,19H,13-14H2,1-3H3,(H,22,24)(H,23,25). The fourth-order valence-electron chi connectivity index (χ4n) is 2.51. The Morgan fingerprint density at radius 1 is 1.00 bits per heavy atom. The summed E-state index contributed by atoms with van der Waals surface area (Å²) in [5, 5.41) is 5.49. The molecule has 0 spiro atoms. The van der Waals surface area contributed by atoms with Gasteiger partial charge in [-0.25, -0.2) is 4.79 Å². The van der Waals surface area contributed by atoms with Crippen LogP contribution in [0.2, 0.25) is 0 Å². The van der Waals surface area contributed by atoms with Crippen molar-refractivity contribution in [2.24, 2.45) is 5.92 Å². The SMILES string of the molecule is COc1cccc(CNC(=O)C(NC(=O)OCc2ccccc2)C(C)C)c1. The largest absolute Gasteiger partial charge is 0.497 e. The van der Waals surface area contributed by atoms with E-state index >= 15 is 0 Å². The molecule has 1 unspecified atom stereocenters. The monoisotopic (exact) mass is 370 g/mol. The highest BCUT2D eigenvalue weighted by molar-refractivity contribution is 5.85. The molecule has 0 bridgehead atoms. The van der Waals surface area contributed by atoms with Crippen molar-refractivity contribution in [1.29, 1.82) is 0 Å². The molecule has 144 valence electrons. The zero-order chi connectivity index (χ0) is 19.6. The van der Waals surface area contributed by atoms with E-state index in [0.717, 1.165) is 16.9 Å². The first-order valence-corrected chi connectivity index (χ1v) is 8.87. The van der Waals surface area contributed by atoms with Crippen LogP contribution in [-0.4, -0.2) is 25.2 Å². The van der Waals surface area contributed by atoms with Crippen LogP contribution in [-0.2, 0) is 22.7 Å². The van der Waals surface area contributed by atoms with Crippen molar-refractivity contribution in [3.05, 3.63) is 65.7 Å². The highest BCUT2D eigenvalue weighted by atomic mass is 16.5. The normalized spacial score (nSPS) is 11.6. The molecule has 0 aliphatic heterocycles. The summed E-state index contributed by atoms with van der Waals surface area (Å²) < 4.78 is 10.4. The molecule has 2 rings (SSSR count).